The van der Waals surface area contributed by atoms with Crippen LogP contribution >= 0.6 is 34.8 Å². The fourth-order valence-electron chi connectivity index (χ4n) is 1.30. The Balaban J connectivity index is 2.01. The van der Waals surface area contributed by atoms with Crippen LogP contribution in [-0.4, -0.2) is 11.0 Å². The number of benzene rings is 1. The highest BCUT2D eigenvalue weighted by Gasteiger charge is 2.05. The van der Waals surface area contributed by atoms with Gasteiger partial charge in [0.1, 0.15) is 5.82 Å². The third-order valence-electron chi connectivity index (χ3n) is 2.15. The zero-order valence-electron chi connectivity index (χ0n) is 9.45. The fourth-order valence-corrected chi connectivity index (χ4v) is 1.71. The summed E-state index contributed by atoms with van der Waals surface area (Å²) >= 11 is 17.3. The molecule has 1 heterocycles. The van der Waals surface area contributed by atoms with Gasteiger partial charge < -0.3 is 5.32 Å². The summed E-state index contributed by atoms with van der Waals surface area (Å²) in [5, 5.41) is 6.45. The first kappa shape index (κ1) is 13.9. The number of carbonyl (C=O) groups excluding carboxylic acids is 1. The lowest BCUT2D eigenvalue weighted by Crippen LogP contribution is -2.19. The van der Waals surface area contributed by atoms with Crippen LogP contribution in [0.5, 0.6) is 0 Å². The SMILES string of the molecule is O=C(Nc1ccc(Cl)c(Cl)c1)Nc1ccc(Cl)cn1. The van der Waals surface area contributed by atoms with Crippen molar-refractivity contribution in [2.45, 2.75) is 0 Å². The molecule has 0 bridgehead atoms. The summed E-state index contributed by atoms with van der Waals surface area (Å²) in [4.78, 5) is 15.6. The van der Waals surface area contributed by atoms with Crippen LogP contribution in [0.1, 0.15) is 0 Å². The molecule has 0 radical (unpaired) electrons. The largest absolute Gasteiger partial charge is 0.324 e. The summed E-state index contributed by atoms with van der Waals surface area (Å²) in [5.41, 5.74) is 0.529. The molecule has 0 aliphatic carbocycles. The Labute approximate surface area is 124 Å². The van der Waals surface area contributed by atoms with Gasteiger partial charge in [0.15, 0.2) is 0 Å². The average Bonchev–Trinajstić information content (AvgIpc) is 2.37. The monoisotopic (exact) mass is 315 g/mol. The summed E-state index contributed by atoms with van der Waals surface area (Å²) in [7, 11) is 0. The molecule has 98 valence electrons. The first-order chi connectivity index (χ1) is 9.04. The number of nitrogens with one attached hydrogen (secondary N) is 2. The van der Waals surface area contributed by atoms with Crippen molar-refractivity contribution in [2.75, 3.05) is 10.6 Å². The van der Waals surface area contributed by atoms with Gasteiger partial charge in [-0.2, -0.15) is 0 Å². The van der Waals surface area contributed by atoms with Gasteiger partial charge in [0.05, 0.1) is 15.1 Å². The zero-order chi connectivity index (χ0) is 13.8. The number of hydrogen-bond donors (Lipinski definition) is 2. The predicted octanol–water partition coefficient (Wildman–Crippen LogP) is 4.69. The van der Waals surface area contributed by atoms with Crippen molar-refractivity contribution in [1.29, 1.82) is 0 Å². The quantitative estimate of drug-likeness (QED) is 0.844. The summed E-state index contributed by atoms with van der Waals surface area (Å²) in [6.45, 7) is 0. The Morgan fingerprint density at radius 3 is 2.42 bits per heavy atom. The van der Waals surface area contributed by atoms with E-state index >= 15 is 0 Å². The van der Waals surface area contributed by atoms with Gasteiger partial charge in [-0.1, -0.05) is 34.8 Å². The number of urea groups is 1. The van der Waals surface area contributed by atoms with E-state index in [1.165, 1.54) is 6.20 Å². The van der Waals surface area contributed by atoms with Gasteiger partial charge in [-0.05, 0) is 30.3 Å². The molecule has 0 saturated heterocycles. The van der Waals surface area contributed by atoms with Gasteiger partial charge >= 0.3 is 6.03 Å². The Morgan fingerprint density at radius 1 is 1.00 bits per heavy atom. The molecule has 0 atom stereocenters. The number of halogens is 3. The van der Waals surface area contributed by atoms with Crippen molar-refractivity contribution in [3.63, 3.8) is 0 Å². The Hall–Kier alpha value is -1.49. The minimum absolute atomic E-state index is 0.365. The summed E-state index contributed by atoms with van der Waals surface area (Å²) in [6.07, 6.45) is 1.44. The van der Waals surface area contributed by atoms with Gasteiger partial charge in [0.25, 0.3) is 0 Å². The van der Waals surface area contributed by atoms with E-state index in [9.17, 15) is 4.79 Å². The molecule has 0 fully saturated rings. The van der Waals surface area contributed by atoms with E-state index in [2.05, 4.69) is 15.6 Å². The highest BCUT2D eigenvalue weighted by atomic mass is 35.5. The van der Waals surface area contributed by atoms with Crippen LogP contribution in [0.4, 0.5) is 16.3 Å². The minimum atomic E-state index is -0.437. The van der Waals surface area contributed by atoms with E-state index < -0.39 is 6.03 Å². The second-order valence-corrected chi connectivity index (χ2v) is 4.82. The van der Waals surface area contributed by atoms with Crippen molar-refractivity contribution >= 4 is 52.3 Å². The molecule has 1 aromatic carbocycles. The molecular weight excluding hydrogens is 309 g/mol. The second-order valence-electron chi connectivity index (χ2n) is 3.57. The van der Waals surface area contributed by atoms with Gasteiger partial charge in [-0.15, -0.1) is 0 Å². The maximum atomic E-state index is 11.7. The minimum Gasteiger partial charge on any atom is -0.308 e. The van der Waals surface area contributed by atoms with Crippen LogP contribution in [0.15, 0.2) is 36.5 Å². The number of nitrogens with zero attached hydrogens (tertiary/aromatic N) is 1. The van der Waals surface area contributed by atoms with Crippen LogP contribution in [-0.2, 0) is 0 Å². The number of carbonyl (C=O) groups is 1. The number of hydrogen-bond acceptors (Lipinski definition) is 2. The fraction of sp³-hybridized carbons (Fsp3) is 0. The number of amides is 2. The van der Waals surface area contributed by atoms with Gasteiger partial charge in [0, 0.05) is 11.9 Å². The van der Waals surface area contributed by atoms with E-state index in [0.29, 0.717) is 26.6 Å². The van der Waals surface area contributed by atoms with Crippen molar-refractivity contribution < 1.29 is 4.79 Å². The molecular formula is C12H8Cl3N3O. The molecule has 2 rings (SSSR count). The molecule has 19 heavy (non-hydrogen) atoms. The number of anilines is 2. The molecule has 0 saturated carbocycles. The maximum absolute atomic E-state index is 11.7. The van der Waals surface area contributed by atoms with Crippen LogP contribution in [0.25, 0.3) is 0 Å². The maximum Gasteiger partial charge on any atom is 0.324 e. The molecule has 0 spiro atoms. The Bertz CT molecular complexity index is 602. The van der Waals surface area contributed by atoms with E-state index in [0.717, 1.165) is 0 Å². The molecule has 4 nitrogen and oxygen atoms in total. The molecule has 7 heteroatoms. The molecule has 2 amide bonds. The Morgan fingerprint density at radius 2 is 1.79 bits per heavy atom. The van der Waals surface area contributed by atoms with Crippen LogP contribution in [0.2, 0.25) is 15.1 Å². The normalized spacial score (nSPS) is 10.1. The van der Waals surface area contributed by atoms with Crippen LogP contribution in [0, 0.1) is 0 Å². The first-order valence-electron chi connectivity index (χ1n) is 5.19. The lowest BCUT2D eigenvalue weighted by atomic mass is 10.3. The van der Waals surface area contributed by atoms with E-state index in [1.54, 1.807) is 30.3 Å². The number of pyridine rings is 1. The van der Waals surface area contributed by atoms with Crippen molar-refractivity contribution in [3.8, 4) is 0 Å². The van der Waals surface area contributed by atoms with Crippen molar-refractivity contribution in [2.24, 2.45) is 0 Å². The highest BCUT2D eigenvalue weighted by Crippen LogP contribution is 2.25. The van der Waals surface area contributed by atoms with Gasteiger partial charge in [0.2, 0.25) is 0 Å². The number of aromatic nitrogens is 1. The van der Waals surface area contributed by atoms with Gasteiger partial charge in [-0.3, -0.25) is 5.32 Å². The molecule has 2 aromatic rings. The van der Waals surface area contributed by atoms with Gasteiger partial charge in [-0.25, -0.2) is 9.78 Å². The lowest BCUT2D eigenvalue weighted by molar-refractivity contribution is 0.262. The van der Waals surface area contributed by atoms with E-state index in [4.69, 9.17) is 34.8 Å². The summed E-state index contributed by atoms with van der Waals surface area (Å²) in [6, 6.07) is 7.58. The topological polar surface area (TPSA) is 54.0 Å². The molecule has 0 aliphatic heterocycles. The smallest absolute Gasteiger partial charge is 0.308 e. The third-order valence-corrected chi connectivity index (χ3v) is 3.11. The van der Waals surface area contributed by atoms with Crippen LogP contribution < -0.4 is 10.6 Å². The first-order valence-corrected chi connectivity index (χ1v) is 6.32. The lowest BCUT2D eigenvalue weighted by Gasteiger charge is -2.07. The molecule has 1 aromatic heterocycles. The average molecular weight is 317 g/mol. The number of rotatable bonds is 2. The summed E-state index contributed by atoms with van der Waals surface area (Å²) in [5.74, 6) is 0.391. The van der Waals surface area contributed by atoms with Crippen molar-refractivity contribution in [3.05, 3.63) is 51.6 Å². The predicted molar refractivity (Wildman–Crippen MR) is 78.4 cm³/mol. The van der Waals surface area contributed by atoms with Crippen LogP contribution in [0.3, 0.4) is 0 Å². The second kappa shape index (κ2) is 6.10. The standard InChI is InChI=1S/C12H8Cl3N3O/c13-7-1-4-11(16-6-7)18-12(19)17-8-2-3-9(14)10(15)5-8/h1-6H,(H2,16,17,18,19). The van der Waals surface area contributed by atoms with E-state index in [-0.39, 0.29) is 0 Å². The van der Waals surface area contributed by atoms with Crippen molar-refractivity contribution in [1.82, 2.24) is 4.98 Å². The molecule has 2 N–H and O–H groups in total. The highest BCUT2D eigenvalue weighted by molar-refractivity contribution is 6.42. The zero-order valence-corrected chi connectivity index (χ0v) is 11.7. The third kappa shape index (κ3) is 3.99. The summed E-state index contributed by atoms with van der Waals surface area (Å²) < 4.78 is 0. The molecule has 0 aliphatic rings. The molecule has 0 unspecified atom stereocenters. The van der Waals surface area contributed by atoms with E-state index in [1.807, 2.05) is 0 Å². The Kier molecular flexibility index (Phi) is 4.47.